The lowest BCUT2D eigenvalue weighted by atomic mass is 9.95. The highest BCUT2D eigenvalue weighted by Crippen LogP contribution is 2.31. The smallest absolute Gasteiger partial charge is 0.303 e. The van der Waals surface area contributed by atoms with Crippen molar-refractivity contribution in [3.8, 4) is 0 Å². The van der Waals surface area contributed by atoms with Crippen molar-refractivity contribution >= 4 is 5.97 Å². The Labute approximate surface area is 289 Å². The highest BCUT2D eigenvalue weighted by molar-refractivity contribution is 5.66. The molecular formula is C44H66O3. The summed E-state index contributed by atoms with van der Waals surface area (Å²) in [6.07, 6.45) is 58.8. The van der Waals surface area contributed by atoms with E-state index in [1.54, 1.807) is 0 Å². The summed E-state index contributed by atoms with van der Waals surface area (Å²) < 4.78 is 4.89. The van der Waals surface area contributed by atoms with E-state index < -0.39 is 0 Å². The predicted molar refractivity (Wildman–Crippen MR) is 205 cm³/mol. The van der Waals surface area contributed by atoms with E-state index in [1.807, 2.05) is 24.3 Å². The maximum Gasteiger partial charge on any atom is 0.303 e. The van der Waals surface area contributed by atoms with Crippen LogP contribution in [0.5, 0.6) is 0 Å². The minimum absolute atomic E-state index is 0.0579. The molecule has 47 heavy (non-hydrogen) atoms. The van der Waals surface area contributed by atoms with Crippen molar-refractivity contribution in [2.75, 3.05) is 0 Å². The Morgan fingerprint density at radius 1 is 0.702 bits per heavy atom. The molecule has 260 valence electrons. The highest BCUT2D eigenvalue weighted by atomic mass is 16.5. The summed E-state index contributed by atoms with van der Waals surface area (Å²) in [5.41, 5.74) is 0. The topological polar surface area (TPSA) is 46.5 Å². The zero-order valence-corrected chi connectivity index (χ0v) is 29.9. The van der Waals surface area contributed by atoms with Gasteiger partial charge in [0.05, 0.1) is 6.10 Å². The number of unbranched alkanes of at least 4 members (excludes halogenated alkanes) is 1. The van der Waals surface area contributed by atoms with Crippen LogP contribution in [0.15, 0.2) is 122 Å². The summed E-state index contributed by atoms with van der Waals surface area (Å²) in [5.74, 6) is 2.20. The number of hydrogen-bond donors (Lipinski definition) is 1. The lowest BCUT2D eigenvalue weighted by Gasteiger charge is -2.11. The van der Waals surface area contributed by atoms with Gasteiger partial charge in [-0.1, -0.05) is 109 Å². The first-order valence-electron chi connectivity index (χ1n) is 18.3. The Hall–Kier alpha value is -3.17. The number of ether oxygens (including phenoxy) is 1. The first-order valence-corrected chi connectivity index (χ1v) is 18.3. The van der Waals surface area contributed by atoms with Crippen molar-refractivity contribution in [1.29, 1.82) is 0 Å². The molecule has 0 fully saturated rings. The molecule has 0 saturated carbocycles. The monoisotopic (exact) mass is 643 g/mol. The Balaban J connectivity index is 0.000000282. The third-order valence-electron chi connectivity index (χ3n) is 8.22. The summed E-state index contributed by atoms with van der Waals surface area (Å²) in [6, 6.07) is 0. The SMILES string of the molecule is C/C=C/CC/C=C/C.C1=CC2C=CC1C2.C1=CCC/C=C\CC1.C=CC1CC=CCC1.CC(=O)OC1C=CCC1.OC1C=CCCC1. The lowest BCUT2D eigenvalue weighted by molar-refractivity contribution is -0.144. The van der Waals surface area contributed by atoms with Gasteiger partial charge in [0.1, 0.15) is 6.10 Å². The van der Waals surface area contributed by atoms with Crippen LogP contribution in [0.1, 0.15) is 117 Å². The van der Waals surface area contributed by atoms with Gasteiger partial charge in [0.15, 0.2) is 0 Å². The number of esters is 1. The van der Waals surface area contributed by atoms with Crippen LogP contribution in [0.3, 0.4) is 0 Å². The van der Waals surface area contributed by atoms with Gasteiger partial charge in [-0.3, -0.25) is 4.79 Å². The molecule has 0 spiro atoms. The quantitative estimate of drug-likeness (QED) is 0.184. The van der Waals surface area contributed by atoms with Crippen LogP contribution >= 0.6 is 0 Å². The maximum atomic E-state index is 10.3. The van der Waals surface area contributed by atoms with Crippen molar-refractivity contribution in [1.82, 2.24) is 0 Å². The molecule has 0 aromatic rings. The molecule has 3 heteroatoms. The number of fused-ring (bicyclic) bond motifs is 2. The molecular weight excluding hydrogens is 576 g/mol. The predicted octanol–water partition coefficient (Wildman–Crippen LogP) is 12.2. The Morgan fingerprint density at radius 2 is 1.23 bits per heavy atom. The number of carbonyl (C=O) groups excluding carboxylic acids is 1. The fourth-order valence-electron chi connectivity index (χ4n) is 5.45. The molecule has 6 rings (SSSR count). The zero-order valence-electron chi connectivity index (χ0n) is 29.9. The molecule has 6 aliphatic rings. The molecule has 3 unspecified atom stereocenters. The van der Waals surface area contributed by atoms with Gasteiger partial charge in [-0.25, -0.2) is 0 Å². The Kier molecular flexibility index (Phi) is 26.9. The number of aliphatic hydroxyl groups excluding tert-OH is 1. The van der Waals surface area contributed by atoms with Crippen molar-refractivity contribution in [2.24, 2.45) is 17.8 Å². The van der Waals surface area contributed by atoms with Gasteiger partial charge < -0.3 is 9.84 Å². The summed E-state index contributed by atoms with van der Waals surface area (Å²) in [4.78, 5) is 10.3. The number of rotatable bonds is 5. The zero-order chi connectivity index (χ0) is 34.2. The highest BCUT2D eigenvalue weighted by Gasteiger charge is 2.19. The standard InChI is InChI=1S/2C8H12.C8H14.C7H10O2.C7H8.C6H10O/c1-2-8-6-4-3-5-7-8;1-2-4-6-8-7-5-3-1;1-3-5-7-8-6-4-2;1-6(8)9-7-4-2-3-5-7;1-2-7-4-3-6(1)5-7;7-6-4-2-1-3-5-6/h2-4,8H,1,5-7H2;1-2,7-8H,3-6H2;3-6H,7-8H2,1-2H3;2,4,7H,3,5H2,1H3;1-4,6-7H,5H2;2,4,6-7H,1,3,5H2/b;2-1-,8-7?;5-3+,6-4+;;;. The van der Waals surface area contributed by atoms with E-state index in [0.29, 0.717) is 0 Å². The second-order valence-electron chi connectivity index (χ2n) is 12.5. The van der Waals surface area contributed by atoms with Crippen LogP contribution in [0.4, 0.5) is 0 Å². The van der Waals surface area contributed by atoms with E-state index in [-0.39, 0.29) is 18.2 Å². The van der Waals surface area contributed by atoms with Gasteiger partial charge in [-0.15, -0.1) is 6.58 Å². The van der Waals surface area contributed by atoms with Crippen molar-refractivity contribution in [3.63, 3.8) is 0 Å². The van der Waals surface area contributed by atoms with E-state index in [4.69, 9.17) is 9.84 Å². The molecule has 6 aliphatic carbocycles. The second-order valence-corrected chi connectivity index (χ2v) is 12.5. The Bertz CT molecular complexity index is 998. The van der Waals surface area contributed by atoms with Crippen LogP contribution in [-0.2, 0) is 9.53 Å². The summed E-state index contributed by atoms with van der Waals surface area (Å²) in [6.45, 7) is 9.29. The number of aliphatic hydroxyl groups is 1. The molecule has 0 heterocycles. The van der Waals surface area contributed by atoms with E-state index in [0.717, 1.165) is 49.9 Å². The first-order chi connectivity index (χ1) is 23.0. The molecule has 0 radical (unpaired) electrons. The molecule has 0 aromatic carbocycles. The van der Waals surface area contributed by atoms with Crippen LogP contribution in [0.2, 0.25) is 0 Å². The van der Waals surface area contributed by atoms with Gasteiger partial charge in [-0.2, -0.15) is 0 Å². The lowest BCUT2D eigenvalue weighted by Crippen LogP contribution is -2.09. The van der Waals surface area contributed by atoms with E-state index in [1.165, 1.54) is 71.1 Å². The first kappa shape index (κ1) is 41.9. The fourth-order valence-corrected chi connectivity index (χ4v) is 5.45. The van der Waals surface area contributed by atoms with Crippen molar-refractivity contribution < 1.29 is 14.6 Å². The van der Waals surface area contributed by atoms with Crippen LogP contribution in [0.25, 0.3) is 0 Å². The molecule has 1 N–H and O–H groups in total. The average Bonchev–Trinajstić information content (AvgIpc) is 3.87. The molecule has 3 nitrogen and oxygen atoms in total. The molecule has 0 amide bonds. The molecule has 0 saturated heterocycles. The summed E-state index contributed by atoms with van der Waals surface area (Å²) in [5, 5.41) is 8.82. The molecule has 3 atom stereocenters. The van der Waals surface area contributed by atoms with Crippen LogP contribution in [0, 0.1) is 17.8 Å². The van der Waals surface area contributed by atoms with Crippen molar-refractivity contribution in [2.45, 2.75) is 129 Å². The van der Waals surface area contributed by atoms with Crippen LogP contribution < -0.4 is 0 Å². The molecule has 0 aliphatic heterocycles. The van der Waals surface area contributed by atoms with E-state index in [2.05, 4.69) is 112 Å². The number of hydrogen-bond acceptors (Lipinski definition) is 3. The molecule has 2 bridgehead atoms. The third-order valence-corrected chi connectivity index (χ3v) is 8.22. The van der Waals surface area contributed by atoms with E-state index >= 15 is 0 Å². The van der Waals surface area contributed by atoms with Crippen LogP contribution in [-0.4, -0.2) is 23.3 Å². The minimum atomic E-state index is -0.188. The van der Waals surface area contributed by atoms with Gasteiger partial charge in [0, 0.05) is 6.92 Å². The maximum absolute atomic E-state index is 10.3. The van der Waals surface area contributed by atoms with Crippen molar-refractivity contribution in [3.05, 3.63) is 122 Å². The molecule has 0 aromatic heterocycles. The van der Waals surface area contributed by atoms with Gasteiger partial charge >= 0.3 is 5.97 Å². The van der Waals surface area contributed by atoms with Gasteiger partial charge in [0.2, 0.25) is 0 Å². The largest absolute Gasteiger partial charge is 0.458 e. The third kappa shape index (κ3) is 25.6. The normalized spacial score (nSPS) is 26.5. The average molecular weight is 643 g/mol. The summed E-state index contributed by atoms with van der Waals surface area (Å²) in [7, 11) is 0. The Morgan fingerprint density at radius 3 is 1.53 bits per heavy atom. The summed E-state index contributed by atoms with van der Waals surface area (Å²) >= 11 is 0. The minimum Gasteiger partial charge on any atom is -0.458 e. The van der Waals surface area contributed by atoms with Gasteiger partial charge in [-0.05, 0) is 134 Å². The second kappa shape index (κ2) is 30.2. The van der Waals surface area contributed by atoms with Gasteiger partial charge in [0.25, 0.3) is 0 Å². The fraction of sp³-hybridized carbons (Fsp3) is 0.523. The van der Waals surface area contributed by atoms with E-state index in [9.17, 15) is 4.79 Å². The number of carbonyl (C=O) groups is 1. The number of allylic oxidation sites excluding steroid dienone is 17.